The van der Waals surface area contributed by atoms with Crippen LogP contribution < -0.4 is 5.32 Å². The number of fused-ring (bicyclic) bond motifs is 5. The first kappa shape index (κ1) is 14.4. The lowest BCUT2D eigenvalue weighted by molar-refractivity contribution is -0.138. The van der Waals surface area contributed by atoms with Crippen LogP contribution in [-0.2, 0) is 9.59 Å². The van der Waals surface area contributed by atoms with Gasteiger partial charge in [0.1, 0.15) is 11.9 Å². The summed E-state index contributed by atoms with van der Waals surface area (Å²) in [5.41, 5.74) is 0.736. The first-order valence-corrected chi connectivity index (χ1v) is 8.59. The Morgan fingerprint density at radius 2 is 1.91 bits per heavy atom. The molecule has 1 unspecified atom stereocenters. The van der Waals surface area contributed by atoms with Gasteiger partial charge in [0, 0.05) is 22.9 Å². The fourth-order valence-corrected chi connectivity index (χ4v) is 6.03. The first-order chi connectivity index (χ1) is 10.4. The molecule has 0 radical (unpaired) electrons. The molecule has 0 aromatic carbocycles. The van der Waals surface area contributed by atoms with E-state index < -0.39 is 6.10 Å². The molecule has 3 fully saturated rings. The van der Waals surface area contributed by atoms with Crippen LogP contribution in [0.3, 0.4) is 0 Å². The fourth-order valence-electron chi connectivity index (χ4n) is 6.03. The second kappa shape index (κ2) is 4.44. The molecule has 4 nitrogen and oxygen atoms in total. The number of rotatable bonds is 0. The van der Waals surface area contributed by atoms with Crippen LogP contribution in [0.4, 0.5) is 0 Å². The molecule has 0 aromatic heterocycles. The Balaban J connectivity index is 1.71. The molecule has 0 aromatic rings. The zero-order valence-electron chi connectivity index (χ0n) is 13.4. The Morgan fingerprint density at radius 3 is 2.68 bits per heavy atom. The van der Waals surface area contributed by atoms with Gasteiger partial charge in [0.2, 0.25) is 0 Å². The molecule has 1 saturated heterocycles. The average Bonchev–Trinajstić information content (AvgIpc) is 2.77. The van der Waals surface area contributed by atoms with Gasteiger partial charge in [0.05, 0.1) is 0 Å². The average molecular weight is 303 g/mol. The number of aliphatic hydroxyl groups excluding tert-OH is 1. The zero-order valence-corrected chi connectivity index (χ0v) is 13.4. The number of nitrogens with one attached hydrogen (secondary N) is 1. The van der Waals surface area contributed by atoms with Gasteiger partial charge in [-0.2, -0.15) is 0 Å². The smallest absolute Gasteiger partial charge is 0.253 e. The second-order valence-electron chi connectivity index (χ2n) is 8.27. The van der Waals surface area contributed by atoms with E-state index in [0.29, 0.717) is 30.0 Å². The third kappa shape index (κ3) is 1.67. The minimum absolute atomic E-state index is 0.126. The van der Waals surface area contributed by atoms with E-state index in [1.165, 1.54) is 0 Å². The number of aliphatic hydroxyl groups is 1. The van der Waals surface area contributed by atoms with Crippen molar-refractivity contribution < 1.29 is 14.7 Å². The van der Waals surface area contributed by atoms with Crippen molar-refractivity contribution in [1.29, 1.82) is 0 Å². The highest BCUT2D eigenvalue weighted by Crippen LogP contribution is 2.62. The summed E-state index contributed by atoms with van der Waals surface area (Å²) in [6.07, 6.45) is 6.48. The number of hydrogen-bond donors (Lipinski definition) is 2. The quantitative estimate of drug-likeness (QED) is 0.721. The van der Waals surface area contributed by atoms with E-state index in [9.17, 15) is 14.7 Å². The van der Waals surface area contributed by atoms with Crippen LogP contribution >= 0.6 is 0 Å². The maximum absolute atomic E-state index is 12.3. The molecule has 120 valence electrons. The molecular weight excluding hydrogens is 278 g/mol. The minimum Gasteiger partial charge on any atom is -0.383 e. The molecule has 0 spiro atoms. The van der Waals surface area contributed by atoms with E-state index >= 15 is 0 Å². The number of allylic oxidation sites excluding steroid dienone is 2. The van der Waals surface area contributed by atoms with Crippen LogP contribution in [0.15, 0.2) is 11.8 Å². The molecule has 1 aliphatic heterocycles. The van der Waals surface area contributed by atoms with Crippen molar-refractivity contribution in [3.63, 3.8) is 0 Å². The summed E-state index contributed by atoms with van der Waals surface area (Å²) in [6, 6.07) is 0. The molecule has 4 heteroatoms. The van der Waals surface area contributed by atoms with Gasteiger partial charge in [-0.1, -0.05) is 19.9 Å². The Labute approximate surface area is 131 Å². The SMILES string of the molecule is C[C@]12CC(O)C(=O)NC1=CC[C@@H]1[C@@H]2CC[C@]2(C)C(=O)CC[C@@H]12. The van der Waals surface area contributed by atoms with Crippen molar-refractivity contribution in [2.45, 2.75) is 58.5 Å². The van der Waals surface area contributed by atoms with E-state index in [1.54, 1.807) is 0 Å². The lowest BCUT2D eigenvalue weighted by atomic mass is 9.50. The number of ketones is 1. The van der Waals surface area contributed by atoms with Gasteiger partial charge in [-0.05, 0) is 49.9 Å². The van der Waals surface area contributed by atoms with E-state index in [2.05, 4.69) is 25.2 Å². The predicted octanol–water partition coefficient (Wildman–Crippen LogP) is 2.17. The summed E-state index contributed by atoms with van der Waals surface area (Å²) in [4.78, 5) is 24.1. The third-order valence-corrected chi connectivity index (χ3v) is 7.35. The Bertz CT molecular complexity index is 583. The highest BCUT2D eigenvalue weighted by molar-refractivity contribution is 5.87. The predicted molar refractivity (Wildman–Crippen MR) is 81.6 cm³/mol. The van der Waals surface area contributed by atoms with Crippen LogP contribution in [0.5, 0.6) is 0 Å². The summed E-state index contributed by atoms with van der Waals surface area (Å²) in [5.74, 6) is 1.64. The standard InChI is InChI=1S/C18H25NO3/c1-17-8-7-12-10(11(17)4-6-15(17)21)3-5-14-18(12,2)9-13(20)16(22)19-14/h5,10-13,20H,3-4,6-9H2,1-2H3,(H,19,22)/t10-,11-,12-,13?,17-,18+/m0/s1. The third-order valence-electron chi connectivity index (χ3n) is 7.35. The van der Waals surface area contributed by atoms with Crippen molar-refractivity contribution in [1.82, 2.24) is 5.32 Å². The van der Waals surface area contributed by atoms with Crippen molar-refractivity contribution in [2.75, 3.05) is 0 Å². The van der Waals surface area contributed by atoms with Crippen LogP contribution in [0, 0.1) is 28.6 Å². The van der Waals surface area contributed by atoms with Crippen LogP contribution in [0.2, 0.25) is 0 Å². The van der Waals surface area contributed by atoms with Crippen LogP contribution in [0.25, 0.3) is 0 Å². The number of carbonyl (C=O) groups excluding carboxylic acids is 2. The molecule has 22 heavy (non-hydrogen) atoms. The molecular formula is C18H25NO3. The maximum atomic E-state index is 12.3. The van der Waals surface area contributed by atoms with Gasteiger partial charge in [-0.3, -0.25) is 9.59 Å². The van der Waals surface area contributed by atoms with Crippen molar-refractivity contribution in [3.8, 4) is 0 Å². The van der Waals surface area contributed by atoms with Crippen molar-refractivity contribution in [2.24, 2.45) is 28.6 Å². The van der Waals surface area contributed by atoms with Gasteiger partial charge < -0.3 is 10.4 Å². The van der Waals surface area contributed by atoms with Gasteiger partial charge >= 0.3 is 0 Å². The molecule has 4 aliphatic rings. The lowest BCUT2D eigenvalue weighted by Gasteiger charge is -2.56. The Hall–Kier alpha value is -1.16. The minimum atomic E-state index is -0.903. The van der Waals surface area contributed by atoms with E-state index in [1.807, 2.05) is 0 Å². The summed E-state index contributed by atoms with van der Waals surface area (Å²) >= 11 is 0. The molecule has 2 N–H and O–H groups in total. The largest absolute Gasteiger partial charge is 0.383 e. The molecule has 3 aliphatic carbocycles. The highest BCUT2D eigenvalue weighted by Gasteiger charge is 2.59. The molecule has 4 rings (SSSR count). The summed E-state index contributed by atoms with van der Waals surface area (Å²) in [5, 5.41) is 13.0. The van der Waals surface area contributed by atoms with Crippen LogP contribution in [-0.4, -0.2) is 22.9 Å². The highest BCUT2D eigenvalue weighted by atomic mass is 16.3. The first-order valence-electron chi connectivity index (χ1n) is 8.59. The number of amides is 1. The van der Waals surface area contributed by atoms with Gasteiger partial charge in [-0.15, -0.1) is 0 Å². The summed E-state index contributed by atoms with van der Waals surface area (Å²) in [7, 11) is 0. The fraction of sp³-hybridized carbons (Fsp3) is 0.778. The number of carbonyl (C=O) groups is 2. The number of hydrogen-bond acceptors (Lipinski definition) is 3. The maximum Gasteiger partial charge on any atom is 0.253 e. The van der Waals surface area contributed by atoms with E-state index in [-0.39, 0.29) is 16.7 Å². The van der Waals surface area contributed by atoms with E-state index in [4.69, 9.17) is 0 Å². The molecule has 6 atom stereocenters. The Kier molecular flexibility index (Phi) is 2.91. The van der Waals surface area contributed by atoms with Gasteiger partial charge in [-0.25, -0.2) is 0 Å². The Morgan fingerprint density at radius 1 is 1.18 bits per heavy atom. The molecule has 0 bridgehead atoms. The molecule has 1 amide bonds. The molecule has 1 heterocycles. The van der Waals surface area contributed by atoms with Crippen LogP contribution in [0.1, 0.15) is 52.4 Å². The van der Waals surface area contributed by atoms with Crippen molar-refractivity contribution in [3.05, 3.63) is 11.8 Å². The second-order valence-corrected chi connectivity index (χ2v) is 8.27. The summed E-state index contributed by atoms with van der Waals surface area (Å²) in [6.45, 7) is 4.36. The molecule has 2 saturated carbocycles. The zero-order chi connectivity index (χ0) is 15.7. The van der Waals surface area contributed by atoms with Gasteiger partial charge in [0.25, 0.3) is 5.91 Å². The van der Waals surface area contributed by atoms with Crippen molar-refractivity contribution >= 4 is 11.7 Å². The summed E-state index contributed by atoms with van der Waals surface area (Å²) < 4.78 is 0. The number of piperidine rings is 1. The van der Waals surface area contributed by atoms with E-state index in [0.717, 1.165) is 37.8 Å². The number of Topliss-reactive ketones (excluding diaryl/α,β-unsaturated/α-hetero) is 1. The van der Waals surface area contributed by atoms with Gasteiger partial charge in [0.15, 0.2) is 0 Å². The normalized spacial score (nSPS) is 50.6. The lowest BCUT2D eigenvalue weighted by Crippen LogP contribution is -2.56. The topological polar surface area (TPSA) is 66.4 Å². The monoisotopic (exact) mass is 303 g/mol.